The van der Waals surface area contributed by atoms with Gasteiger partial charge in [0.2, 0.25) is 5.91 Å². The maximum Gasteiger partial charge on any atom is 0.221 e. The number of ether oxygens (including phenoxy) is 1. The first-order chi connectivity index (χ1) is 11.6. The van der Waals surface area contributed by atoms with E-state index in [9.17, 15) is 4.79 Å². The van der Waals surface area contributed by atoms with E-state index in [0.29, 0.717) is 29.6 Å². The molecule has 0 aliphatic heterocycles. The summed E-state index contributed by atoms with van der Waals surface area (Å²) in [7, 11) is 1.64. The maximum atomic E-state index is 11.9. The van der Waals surface area contributed by atoms with Crippen molar-refractivity contribution in [1.82, 2.24) is 5.32 Å². The number of anilines is 1. The molecule has 2 N–H and O–H groups in total. The highest BCUT2D eigenvalue weighted by molar-refractivity contribution is 6.36. The second kappa shape index (κ2) is 9.40. The van der Waals surface area contributed by atoms with Crippen LogP contribution in [-0.2, 0) is 11.2 Å². The average molecular weight is 367 g/mol. The van der Waals surface area contributed by atoms with Crippen LogP contribution in [0.3, 0.4) is 0 Å². The fourth-order valence-corrected chi connectivity index (χ4v) is 2.68. The monoisotopic (exact) mass is 366 g/mol. The third-order valence-corrected chi connectivity index (χ3v) is 4.02. The molecule has 2 rings (SSSR count). The van der Waals surface area contributed by atoms with E-state index in [1.165, 1.54) is 0 Å². The Morgan fingerprint density at radius 2 is 1.96 bits per heavy atom. The second-order valence-corrected chi connectivity index (χ2v) is 6.10. The van der Waals surface area contributed by atoms with Crippen LogP contribution >= 0.6 is 23.2 Å². The molecule has 0 atom stereocenters. The summed E-state index contributed by atoms with van der Waals surface area (Å²) < 4.78 is 5.18. The molecule has 0 aliphatic rings. The molecule has 6 heteroatoms. The molecule has 2 aromatic rings. The first-order valence-corrected chi connectivity index (χ1v) is 8.42. The van der Waals surface area contributed by atoms with Gasteiger partial charge in [-0.15, -0.1) is 0 Å². The van der Waals surface area contributed by atoms with Gasteiger partial charge in [0.1, 0.15) is 5.75 Å². The summed E-state index contributed by atoms with van der Waals surface area (Å²) in [5.74, 6) is 0.818. The summed E-state index contributed by atoms with van der Waals surface area (Å²) in [6.07, 6.45) is 1.14. The number of rotatable bonds is 8. The molecule has 128 valence electrons. The van der Waals surface area contributed by atoms with Crippen LogP contribution in [0.2, 0.25) is 10.0 Å². The summed E-state index contributed by atoms with van der Waals surface area (Å²) in [6.45, 7) is 1.10. The molecular formula is C18H20Cl2N2O2. The number of hydrogen-bond donors (Lipinski definition) is 2. The first-order valence-electron chi connectivity index (χ1n) is 7.67. The Kier molecular flexibility index (Phi) is 7.22. The van der Waals surface area contributed by atoms with Crippen LogP contribution in [0, 0.1) is 0 Å². The van der Waals surface area contributed by atoms with Gasteiger partial charge in [-0.2, -0.15) is 0 Å². The molecule has 0 aromatic heterocycles. The van der Waals surface area contributed by atoms with Crippen molar-refractivity contribution in [2.24, 2.45) is 0 Å². The van der Waals surface area contributed by atoms with Crippen LogP contribution < -0.4 is 15.4 Å². The van der Waals surface area contributed by atoms with Crippen LogP contribution in [0.25, 0.3) is 0 Å². The van der Waals surface area contributed by atoms with E-state index in [4.69, 9.17) is 27.9 Å². The number of carbonyl (C=O) groups excluding carboxylic acids is 1. The molecule has 1 amide bonds. The molecule has 0 aliphatic carbocycles. The molecule has 24 heavy (non-hydrogen) atoms. The summed E-state index contributed by atoms with van der Waals surface area (Å²) in [4.78, 5) is 11.9. The first kappa shape index (κ1) is 18.4. The topological polar surface area (TPSA) is 50.4 Å². The van der Waals surface area contributed by atoms with E-state index in [2.05, 4.69) is 10.6 Å². The molecule has 0 unspecified atom stereocenters. The van der Waals surface area contributed by atoms with E-state index < -0.39 is 0 Å². The van der Waals surface area contributed by atoms with Crippen LogP contribution in [0.15, 0.2) is 42.5 Å². The van der Waals surface area contributed by atoms with Gasteiger partial charge in [-0.25, -0.2) is 0 Å². The van der Waals surface area contributed by atoms with Gasteiger partial charge in [-0.3, -0.25) is 4.79 Å². The number of hydrogen-bond acceptors (Lipinski definition) is 3. The minimum absolute atomic E-state index is 0.00418. The van der Waals surface area contributed by atoms with Crippen molar-refractivity contribution >= 4 is 34.8 Å². The zero-order valence-corrected chi connectivity index (χ0v) is 15.0. The number of methoxy groups -OCH3 is 1. The lowest BCUT2D eigenvalue weighted by atomic mass is 10.1. The van der Waals surface area contributed by atoms with Crippen LogP contribution in [0.4, 0.5) is 5.69 Å². The lowest BCUT2D eigenvalue weighted by molar-refractivity contribution is -0.120. The largest absolute Gasteiger partial charge is 0.497 e. The Morgan fingerprint density at radius 3 is 2.71 bits per heavy atom. The predicted molar refractivity (Wildman–Crippen MR) is 99.3 cm³/mol. The molecule has 0 spiro atoms. The summed E-state index contributed by atoms with van der Waals surface area (Å²) in [5.41, 5.74) is 1.89. The van der Waals surface area contributed by atoms with Crippen molar-refractivity contribution in [2.45, 2.75) is 12.8 Å². The Balaban J connectivity index is 1.68. The highest BCUT2D eigenvalue weighted by atomic mass is 35.5. The number of amides is 1. The average Bonchev–Trinajstić information content (AvgIpc) is 2.57. The van der Waals surface area contributed by atoms with E-state index in [1.54, 1.807) is 25.3 Å². The van der Waals surface area contributed by atoms with Gasteiger partial charge in [0.05, 0.1) is 17.8 Å². The van der Waals surface area contributed by atoms with E-state index in [0.717, 1.165) is 23.4 Å². The van der Waals surface area contributed by atoms with Gasteiger partial charge in [-0.1, -0.05) is 35.3 Å². The van der Waals surface area contributed by atoms with Crippen molar-refractivity contribution in [3.63, 3.8) is 0 Å². The molecule has 0 saturated carbocycles. The summed E-state index contributed by atoms with van der Waals surface area (Å²) in [6, 6.07) is 13.0. The van der Waals surface area contributed by atoms with Crippen LogP contribution in [0.5, 0.6) is 5.75 Å². The molecule has 4 nitrogen and oxygen atoms in total. The van der Waals surface area contributed by atoms with Crippen molar-refractivity contribution in [1.29, 1.82) is 0 Å². The van der Waals surface area contributed by atoms with Crippen molar-refractivity contribution in [3.05, 3.63) is 58.1 Å². The van der Waals surface area contributed by atoms with Gasteiger partial charge < -0.3 is 15.4 Å². The molecule has 0 bridgehead atoms. The lowest BCUT2D eigenvalue weighted by Crippen LogP contribution is -2.27. The highest BCUT2D eigenvalue weighted by Gasteiger charge is 2.04. The number of halogens is 2. The normalized spacial score (nSPS) is 10.3. The molecule has 0 fully saturated rings. The Morgan fingerprint density at radius 1 is 1.12 bits per heavy atom. The summed E-state index contributed by atoms with van der Waals surface area (Å²) >= 11 is 11.9. The van der Waals surface area contributed by atoms with E-state index in [1.807, 2.05) is 24.3 Å². The van der Waals surface area contributed by atoms with Crippen molar-refractivity contribution in [2.75, 3.05) is 25.5 Å². The quantitative estimate of drug-likeness (QED) is 0.737. The zero-order valence-electron chi connectivity index (χ0n) is 13.4. The summed E-state index contributed by atoms with van der Waals surface area (Å²) in [5, 5.41) is 7.16. The zero-order chi connectivity index (χ0) is 17.4. The van der Waals surface area contributed by atoms with Crippen molar-refractivity contribution < 1.29 is 9.53 Å². The minimum Gasteiger partial charge on any atom is -0.497 e. The van der Waals surface area contributed by atoms with Crippen molar-refractivity contribution in [3.8, 4) is 5.75 Å². The minimum atomic E-state index is -0.00418. The van der Waals surface area contributed by atoms with Gasteiger partial charge in [0.15, 0.2) is 0 Å². The molecule has 0 radical (unpaired) electrons. The fraction of sp³-hybridized carbons (Fsp3) is 0.278. The van der Waals surface area contributed by atoms with Gasteiger partial charge in [0.25, 0.3) is 0 Å². The smallest absolute Gasteiger partial charge is 0.221 e. The number of benzene rings is 2. The predicted octanol–water partition coefficient (Wildman–Crippen LogP) is 4.16. The van der Waals surface area contributed by atoms with Crippen LogP contribution in [0.1, 0.15) is 12.0 Å². The molecule has 0 heterocycles. The molecule has 2 aromatic carbocycles. The van der Waals surface area contributed by atoms with Crippen LogP contribution in [-0.4, -0.2) is 26.1 Å². The second-order valence-electron chi connectivity index (χ2n) is 5.25. The van der Waals surface area contributed by atoms with E-state index in [-0.39, 0.29) is 5.91 Å². The Bertz CT molecular complexity index is 692. The standard InChI is InChI=1S/C18H20Cl2N2O2/c1-24-15-4-2-3-13(11-15)7-9-22-18(23)8-10-21-17-6-5-14(19)12-16(17)20/h2-6,11-12,21H,7-10H2,1H3,(H,22,23). The molecule has 0 saturated heterocycles. The number of carbonyl (C=O) groups is 1. The Labute approximate surface area is 152 Å². The third-order valence-electron chi connectivity index (χ3n) is 3.47. The SMILES string of the molecule is COc1cccc(CCNC(=O)CCNc2ccc(Cl)cc2Cl)c1. The van der Waals surface area contributed by atoms with Gasteiger partial charge in [0, 0.05) is 24.5 Å². The maximum absolute atomic E-state index is 11.9. The van der Waals surface area contributed by atoms with Gasteiger partial charge >= 0.3 is 0 Å². The Hall–Kier alpha value is -1.91. The third kappa shape index (κ3) is 5.95. The molecular weight excluding hydrogens is 347 g/mol. The fourth-order valence-electron chi connectivity index (χ4n) is 2.21. The van der Waals surface area contributed by atoms with E-state index >= 15 is 0 Å². The lowest BCUT2D eigenvalue weighted by Gasteiger charge is -2.09. The number of nitrogens with one attached hydrogen (secondary N) is 2. The highest BCUT2D eigenvalue weighted by Crippen LogP contribution is 2.25. The van der Waals surface area contributed by atoms with Gasteiger partial charge in [-0.05, 0) is 42.3 Å².